The van der Waals surface area contributed by atoms with Crippen molar-refractivity contribution in [3.63, 3.8) is 0 Å². The molecule has 1 atom stereocenters. The number of anilines is 2. The van der Waals surface area contributed by atoms with Crippen molar-refractivity contribution in [1.82, 2.24) is 4.90 Å². The lowest BCUT2D eigenvalue weighted by Gasteiger charge is -2.33. The third-order valence-corrected chi connectivity index (χ3v) is 3.60. The molecular weight excluding hydrogens is 269 g/mol. The van der Waals surface area contributed by atoms with Gasteiger partial charge in [-0.2, -0.15) is 0 Å². The van der Waals surface area contributed by atoms with E-state index < -0.39 is 0 Å². The summed E-state index contributed by atoms with van der Waals surface area (Å²) in [6.07, 6.45) is 0. The summed E-state index contributed by atoms with van der Waals surface area (Å²) in [5.41, 5.74) is 7.65. The Morgan fingerprint density at radius 3 is 2.28 bits per heavy atom. The number of benzene rings is 1. The van der Waals surface area contributed by atoms with Crippen molar-refractivity contribution in [1.29, 1.82) is 0 Å². The van der Waals surface area contributed by atoms with Gasteiger partial charge in [0.15, 0.2) is 0 Å². The Hall–Kier alpha value is -0.640. The van der Waals surface area contributed by atoms with Crippen LogP contribution in [0.25, 0.3) is 0 Å². The lowest BCUT2D eigenvalue weighted by atomic mass is 10.2. The first-order valence-corrected chi connectivity index (χ1v) is 6.78. The summed E-state index contributed by atoms with van der Waals surface area (Å²) in [5.74, 6) is 0. The molecule has 1 rings (SSSR count). The normalized spacial score (nSPS) is 12.8. The molecule has 18 heavy (non-hydrogen) atoms. The fraction of sp³-hybridized carbons (Fsp3) is 0.538. The van der Waals surface area contributed by atoms with Gasteiger partial charge in [-0.15, -0.1) is 0 Å². The SMILES string of the molecule is CCN(c1cc(Cl)c(Cl)cc1N)C(C)CN(C)C. The topological polar surface area (TPSA) is 32.5 Å². The first kappa shape index (κ1) is 15.4. The van der Waals surface area contributed by atoms with Crippen LogP contribution in [0.4, 0.5) is 11.4 Å². The third kappa shape index (κ3) is 3.67. The van der Waals surface area contributed by atoms with E-state index in [4.69, 9.17) is 28.9 Å². The number of nitrogen functional groups attached to an aromatic ring is 1. The maximum absolute atomic E-state index is 6.07. The van der Waals surface area contributed by atoms with Crippen molar-refractivity contribution in [2.24, 2.45) is 0 Å². The smallest absolute Gasteiger partial charge is 0.0618 e. The molecule has 0 aliphatic carbocycles. The number of hydrogen-bond donors (Lipinski definition) is 1. The molecule has 0 aromatic heterocycles. The van der Waals surface area contributed by atoms with Crippen molar-refractivity contribution in [3.05, 3.63) is 22.2 Å². The number of nitrogens with two attached hydrogens (primary N) is 1. The molecule has 0 saturated heterocycles. The van der Waals surface area contributed by atoms with E-state index in [1.807, 2.05) is 6.07 Å². The lowest BCUT2D eigenvalue weighted by Crippen LogP contribution is -2.40. The average Bonchev–Trinajstić information content (AvgIpc) is 2.25. The minimum atomic E-state index is 0.351. The highest BCUT2D eigenvalue weighted by Crippen LogP contribution is 2.33. The monoisotopic (exact) mass is 289 g/mol. The highest BCUT2D eigenvalue weighted by atomic mass is 35.5. The van der Waals surface area contributed by atoms with Crippen molar-refractivity contribution in [3.8, 4) is 0 Å². The van der Waals surface area contributed by atoms with Gasteiger partial charge >= 0.3 is 0 Å². The van der Waals surface area contributed by atoms with Gasteiger partial charge in [-0.05, 0) is 40.1 Å². The van der Waals surface area contributed by atoms with Crippen molar-refractivity contribution >= 4 is 34.6 Å². The Kier molecular flexibility index (Phi) is 5.57. The van der Waals surface area contributed by atoms with Gasteiger partial charge in [0.1, 0.15) is 0 Å². The van der Waals surface area contributed by atoms with E-state index in [0.29, 0.717) is 21.8 Å². The molecule has 3 nitrogen and oxygen atoms in total. The minimum absolute atomic E-state index is 0.351. The zero-order chi connectivity index (χ0) is 13.9. The minimum Gasteiger partial charge on any atom is -0.397 e. The molecule has 1 unspecified atom stereocenters. The Balaban J connectivity index is 3.05. The Bertz CT molecular complexity index is 407. The van der Waals surface area contributed by atoms with E-state index in [1.54, 1.807) is 6.07 Å². The molecule has 0 fully saturated rings. The van der Waals surface area contributed by atoms with Crippen LogP contribution < -0.4 is 10.6 Å². The second-order valence-electron chi connectivity index (χ2n) is 4.72. The summed E-state index contributed by atoms with van der Waals surface area (Å²) in [4.78, 5) is 4.39. The van der Waals surface area contributed by atoms with Gasteiger partial charge in [-0.3, -0.25) is 0 Å². The Morgan fingerprint density at radius 1 is 1.22 bits per heavy atom. The van der Waals surface area contributed by atoms with Gasteiger partial charge in [0, 0.05) is 19.1 Å². The number of rotatable bonds is 5. The molecule has 0 saturated carbocycles. The van der Waals surface area contributed by atoms with Crippen LogP contribution in [0.5, 0.6) is 0 Å². The molecule has 0 bridgehead atoms. The summed E-state index contributed by atoms with van der Waals surface area (Å²) >= 11 is 12.0. The highest BCUT2D eigenvalue weighted by Gasteiger charge is 2.17. The summed E-state index contributed by atoms with van der Waals surface area (Å²) in [6, 6.07) is 3.91. The van der Waals surface area contributed by atoms with E-state index in [2.05, 4.69) is 37.7 Å². The van der Waals surface area contributed by atoms with Crippen LogP contribution in [0.2, 0.25) is 10.0 Å². The van der Waals surface area contributed by atoms with Gasteiger partial charge in [0.05, 0.1) is 21.4 Å². The highest BCUT2D eigenvalue weighted by molar-refractivity contribution is 6.42. The van der Waals surface area contributed by atoms with Crippen molar-refractivity contribution in [2.45, 2.75) is 19.9 Å². The number of likely N-dealkylation sites (N-methyl/N-ethyl adjacent to an activating group) is 2. The van der Waals surface area contributed by atoms with E-state index in [9.17, 15) is 0 Å². The molecule has 5 heteroatoms. The van der Waals surface area contributed by atoms with Crippen molar-refractivity contribution in [2.75, 3.05) is 37.8 Å². The van der Waals surface area contributed by atoms with Crippen molar-refractivity contribution < 1.29 is 0 Å². The molecular formula is C13H21Cl2N3. The quantitative estimate of drug-likeness (QED) is 0.844. The number of nitrogens with zero attached hydrogens (tertiary/aromatic N) is 2. The zero-order valence-electron chi connectivity index (χ0n) is 11.4. The molecule has 0 heterocycles. The van der Waals surface area contributed by atoms with Crippen LogP contribution >= 0.6 is 23.2 Å². The second kappa shape index (κ2) is 6.50. The summed E-state index contributed by atoms with van der Waals surface area (Å²) in [5, 5.41) is 1.03. The van der Waals surface area contributed by atoms with E-state index in [0.717, 1.165) is 18.8 Å². The van der Waals surface area contributed by atoms with Gasteiger partial charge in [0.2, 0.25) is 0 Å². The molecule has 0 spiro atoms. The molecule has 0 aliphatic heterocycles. The molecule has 2 N–H and O–H groups in total. The largest absolute Gasteiger partial charge is 0.397 e. The average molecular weight is 290 g/mol. The second-order valence-corrected chi connectivity index (χ2v) is 5.54. The lowest BCUT2D eigenvalue weighted by molar-refractivity contribution is 0.373. The molecule has 0 aliphatic rings. The predicted molar refractivity (Wildman–Crippen MR) is 81.9 cm³/mol. The van der Waals surface area contributed by atoms with Gasteiger partial charge < -0.3 is 15.5 Å². The van der Waals surface area contributed by atoms with Crippen LogP contribution in [0, 0.1) is 0 Å². The Labute approximate surface area is 119 Å². The van der Waals surface area contributed by atoms with E-state index in [-0.39, 0.29) is 0 Å². The van der Waals surface area contributed by atoms with E-state index >= 15 is 0 Å². The molecule has 0 radical (unpaired) electrons. The summed E-state index contributed by atoms with van der Waals surface area (Å²) < 4.78 is 0. The van der Waals surface area contributed by atoms with Crippen LogP contribution in [0.1, 0.15) is 13.8 Å². The summed E-state index contributed by atoms with van der Waals surface area (Å²) in [6.45, 7) is 6.10. The molecule has 1 aromatic carbocycles. The van der Waals surface area contributed by atoms with Crippen LogP contribution in [0.3, 0.4) is 0 Å². The maximum atomic E-state index is 6.07. The Morgan fingerprint density at radius 2 is 1.78 bits per heavy atom. The molecule has 102 valence electrons. The third-order valence-electron chi connectivity index (χ3n) is 2.88. The predicted octanol–water partition coefficient (Wildman–Crippen LogP) is 3.35. The zero-order valence-corrected chi connectivity index (χ0v) is 12.9. The van der Waals surface area contributed by atoms with Gasteiger partial charge in [0.25, 0.3) is 0 Å². The van der Waals surface area contributed by atoms with Crippen LogP contribution in [0.15, 0.2) is 12.1 Å². The summed E-state index contributed by atoms with van der Waals surface area (Å²) in [7, 11) is 4.12. The molecule has 0 amide bonds. The molecule has 1 aromatic rings. The fourth-order valence-electron chi connectivity index (χ4n) is 2.15. The fourth-order valence-corrected chi connectivity index (χ4v) is 2.48. The van der Waals surface area contributed by atoms with E-state index in [1.165, 1.54) is 0 Å². The first-order valence-electron chi connectivity index (χ1n) is 6.02. The van der Waals surface area contributed by atoms with Gasteiger partial charge in [-0.25, -0.2) is 0 Å². The van der Waals surface area contributed by atoms with Crippen LogP contribution in [-0.2, 0) is 0 Å². The van der Waals surface area contributed by atoms with Gasteiger partial charge in [-0.1, -0.05) is 23.2 Å². The van der Waals surface area contributed by atoms with Crippen LogP contribution in [-0.4, -0.2) is 38.1 Å². The number of hydrogen-bond acceptors (Lipinski definition) is 3. The standard InChI is InChI=1S/C13H21Cl2N3/c1-5-18(9(2)8-17(3)4)13-7-11(15)10(14)6-12(13)16/h6-7,9H,5,8,16H2,1-4H3. The maximum Gasteiger partial charge on any atom is 0.0618 e. The number of halogens is 2. The first-order chi connectivity index (χ1) is 8.36.